The van der Waals surface area contributed by atoms with E-state index >= 15 is 0 Å². The van der Waals surface area contributed by atoms with Crippen LogP contribution in [0.2, 0.25) is 0 Å². The number of nitrogens with zero attached hydrogens (tertiary/aromatic N) is 1. The molecule has 0 aliphatic heterocycles. The molecule has 2 fully saturated rings. The molecule has 5 heteroatoms. The average Bonchev–Trinajstić information content (AvgIpc) is 3.36. The predicted octanol–water partition coefficient (Wildman–Crippen LogP) is 3.34. The SMILES string of the molecule is CCCCN(C)c1sc(C(=O)NC2CC2)c(N)c1C1CC1. The van der Waals surface area contributed by atoms with Crippen LogP contribution < -0.4 is 16.0 Å². The summed E-state index contributed by atoms with van der Waals surface area (Å²) < 4.78 is 0. The number of carbonyl (C=O) groups excluding carboxylic acids is 1. The number of nitrogen functional groups attached to an aromatic ring is 1. The fourth-order valence-corrected chi connectivity index (χ4v) is 3.84. The van der Waals surface area contributed by atoms with E-state index < -0.39 is 0 Å². The van der Waals surface area contributed by atoms with E-state index in [0.717, 1.165) is 30.0 Å². The molecule has 0 saturated heterocycles. The maximum atomic E-state index is 12.4. The van der Waals surface area contributed by atoms with Crippen LogP contribution in [0.4, 0.5) is 10.7 Å². The quantitative estimate of drug-likeness (QED) is 0.812. The lowest BCUT2D eigenvalue weighted by Crippen LogP contribution is -2.25. The molecule has 2 aliphatic rings. The molecular formula is C16H25N3OS. The average molecular weight is 307 g/mol. The van der Waals surface area contributed by atoms with Crippen LogP contribution in [0, 0.1) is 0 Å². The van der Waals surface area contributed by atoms with Crippen molar-refractivity contribution in [1.82, 2.24) is 5.32 Å². The van der Waals surface area contributed by atoms with Gasteiger partial charge in [-0.15, -0.1) is 11.3 Å². The highest BCUT2D eigenvalue weighted by molar-refractivity contribution is 7.18. The summed E-state index contributed by atoms with van der Waals surface area (Å²) in [6.07, 6.45) is 6.98. The zero-order valence-corrected chi connectivity index (χ0v) is 13.8. The fraction of sp³-hybridized carbons (Fsp3) is 0.688. The highest BCUT2D eigenvalue weighted by Gasteiger charge is 2.35. The first-order chi connectivity index (χ1) is 10.1. The Bertz CT molecular complexity index is 532. The van der Waals surface area contributed by atoms with Crippen LogP contribution in [-0.2, 0) is 0 Å². The van der Waals surface area contributed by atoms with E-state index in [2.05, 4.69) is 24.2 Å². The zero-order chi connectivity index (χ0) is 15.0. The molecule has 0 spiro atoms. The highest BCUT2D eigenvalue weighted by Crippen LogP contribution is 2.51. The number of hydrogen-bond acceptors (Lipinski definition) is 4. The number of amides is 1. The van der Waals surface area contributed by atoms with Crippen LogP contribution >= 0.6 is 11.3 Å². The molecule has 2 saturated carbocycles. The molecule has 0 radical (unpaired) electrons. The van der Waals surface area contributed by atoms with Crippen molar-refractivity contribution in [3.8, 4) is 0 Å². The summed E-state index contributed by atoms with van der Waals surface area (Å²) in [5.41, 5.74) is 8.30. The Kier molecular flexibility index (Phi) is 4.11. The fourth-order valence-electron chi connectivity index (χ4n) is 2.64. The molecule has 116 valence electrons. The van der Waals surface area contributed by atoms with Gasteiger partial charge in [-0.1, -0.05) is 13.3 Å². The van der Waals surface area contributed by atoms with E-state index in [1.807, 2.05) is 0 Å². The van der Waals surface area contributed by atoms with Crippen molar-refractivity contribution in [3.63, 3.8) is 0 Å². The lowest BCUT2D eigenvalue weighted by molar-refractivity contribution is 0.0956. The van der Waals surface area contributed by atoms with E-state index in [4.69, 9.17) is 5.73 Å². The number of carbonyl (C=O) groups is 1. The summed E-state index contributed by atoms with van der Waals surface area (Å²) in [7, 11) is 2.12. The summed E-state index contributed by atoms with van der Waals surface area (Å²) in [6.45, 7) is 3.23. The third-order valence-corrected chi connectivity index (χ3v) is 5.60. The third-order valence-electron chi connectivity index (χ3n) is 4.26. The minimum absolute atomic E-state index is 0.0250. The van der Waals surface area contributed by atoms with E-state index in [1.54, 1.807) is 11.3 Å². The van der Waals surface area contributed by atoms with Crippen LogP contribution in [0.3, 0.4) is 0 Å². The Labute approximate surface area is 130 Å². The van der Waals surface area contributed by atoms with Crippen LogP contribution in [0.5, 0.6) is 0 Å². The van der Waals surface area contributed by atoms with Gasteiger partial charge in [0.15, 0.2) is 0 Å². The molecule has 1 heterocycles. The Balaban J connectivity index is 1.85. The molecule has 0 aromatic carbocycles. The first kappa shape index (κ1) is 14.7. The van der Waals surface area contributed by atoms with Gasteiger partial charge in [0.1, 0.15) is 4.88 Å². The largest absolute Gasteiger partial charge is 0.397 e. The highest BCUT2D eigenvalue weighted by atomic mass is 32.1. The maximum Gasteiger partial charge on any atom is 0.263 e. The lowest BCUT2D eigenvalue weighted by Gasteiger charge is -2.19. The third kappa shape index (κ3) is 3.18. The number of nitrogens with two attached hydrogens (primary N) is 1. The second-order valence-electron chi connectivity index (χ2n) is 6.36. The van der Waals surface area contributed by atoms with Gasteiger partial charge in [0.2, 0.25) is 0 Å². The number of rotatable bonds is 7. The van der Waals surface area contributed by atoms with Gasteiger partial charge in [-0.25, -0.2) is 0 Å². The summed E-state index contributed by atoms with van der Waals surface area (Å²) in [4.78, 5) is 15.4. The van der Waals surface area contributed by atoms with Gasteiger partial charge in [-0.05, 0) is 38.0 Å². The van der Waals surface area contributed by atoms with E-state index in [-0.39, 0.29) is 5.91 Å². The number of anilines is 2. The summed E-state index contributed by atoms with van der Waals surface area (Å²) >= 11 is 1.58. The van der Waals surface area contributed by atoms with Gasteiger partial charge >= 0.3 is 0 Å². The summed E-state index contributed by atoms with van der Waals surface area (Å²) in [5, 5.41) is 4.28. The predicted molar refractivity (Wildman–Crippen MR) is 89.4 cm³/mol. The van der Waals surface area contributed by atoms with Crippen molar-refractivity contribution in [3.05, 3.63) is 10.4 Å². The minimum Gasteiger partial charge on any atom is -0.397 e. The molecule has 1 aromatic rings. The molecular weight excluding hydrogens is 282 g/mol. The van der Waals surface area contributed by atoms with Crippen molar-refractivity contribution in [1.29, 1.82) is 0 Å². The van der Waals surface area contributed by atoms with E-state index in [1.165, 1.54) is 36.2 Å². The van der Waals surface area contributed by atoms with Crippen LogP contribution in [0.15, 0.2) is 0 Å². The first-order valence-corrected chi connectivity index (χ1v) is 8.87. The monoisotopic (exact) mass is 307 g/mol. The molecule has 4 nitrogen and oxygen atoms in total. The molecule has 3 rings (SSSR count). The van der Waals surface area contributed by atoms with Crippen molar-refractivity contribution < 1.29 is 4.79 Å². The number of unbranched alkanes of at least 4 members (excludes halogenated alkanes) is 1. The molecule has 1 aromatic heterocycles. The van der Waals surface area contributed by atoms with Gasteiger partial charge in [0.05, 0.1) is 10.7 Å². The van der Waals surface area contributed by atoms with E-state index in [0.29, 0.717) is 12.0 Å². The van der Waals surface area contributed by atoms with Gasteiger partial charge in [0.25, 0.3) is 5.91 Å². The number of nitrogens with one attached hydrogen (secondary N) is 1. The van der Waals surface area contributed by atoms with Crippen LogP contribution in [0.1, 0.15) is 66.6 Å². The van der Waals surface area contributed by atoms with Crippen molar-refractivity contribution in [2.45, 2.75) is 57.4 Å². The second-order valence-corrected chi connectivity index (χ2v) is 7.36. The summed E-state index contributed by atoms with van der Waals surface area (Å²) in [5.74, 6) is 0.597. The Morgan fingerprint density at radius 2 is 2.10 bits per heavy atom. The summed E-state index contributed by atoms with van der Waals surface area (Å²) in [6, 6.07) is 0.379. The Morgan fingerprint density at radius 3 is 2.67 bits per heavy atom. The molecule has 2 aliphatic carbocycles. The smallest absolute Gasteiger partial charge is 0.263 e. The zero-order valence-electron chi connectivity index (χ0n) is 12.9. The molecule has 3 N–H and O–H groups in total. The Morgan fingerprint density at radius 1 is 1.38 bits per heavy atom. The van der Waals surface area contributed by atoms with Crippen molar-refractivity contribution >= 4 is 27.9 Å². The van der Waals surface area contributed by atoms with Crippen LogP contribution in [-0.4, -0.2) is 25.5 Å². The van der Waals surface area contributed by atoms with Crippen molar-refractivity contribution in [2.24, 2.45) is 0 Å². The lowest BCUT2D eigenvalue weighted by atomic mass is 10.1. The van der Waals surface area contributed by atoms with Crippen LogP contribution in [0.25, 0.3) is 0 Å². The van der Waals surface area contributed by atoms with Gasteiger partial charge in [-0.2, -0.15) is 0 Å². The molecule has 21 heavy (non-hydrogen) atoms. The van der Waals surface area contributed by atoms with Gasteiger partial charge in [0, 0.05) is 25.2 Å². The molecule has 1 amide bonds. The normalized spacial score (nSPS) is 17.8. The van der Waals surface area contributed by atoms with Gasteiger partial charge < -0.3 is 16.0 Å². The molecule has 0 unspecified atom stereocenters. The molecule has 0 atom stereocenters. The van der Waals surface area contributed by atoms with Gasteiger partial charge in [-0.3, -0.25) is 4.79 Å². The topological polar surface area (TPSA) is 58.4 Å². The second kappa shape index (κ2) is 5.87. The number of thiophene rings is 1. The van der Waals surface area contributed by atoms with Crippen molar-refractivity contribution in [2.75, 3.05) is 24.2 Å². The molecule has 0 bridgehead atoms. The maximum absolute atomic E-state index is 12.4. The Hall–Kier alpha value is -1.23. The number of hydrogen-bond donors (Lipinski definition) is 2. The van der Waals surface area contributed by atoms with E-state index in [9.17, 15) is 4.79 Å². The first-order valence-electron chi connectivity index (χ1n) is 8.06. The minimum atomic E-state index is 0.0250. The standard InChI is InChI=1S/C16H25N3OS/c1-3-4-9-19(2)16-12(10-5-6-10)13(17)14(21-16)15(20)18-11-7-8-11/h10-11H,3-9,17H2,1-2H3,(H,18,20).